The number of amides is 1. The number of ether oxygens (including phenoxy) is 1. The molecule has 2 rings (SSSR count). The van der Waals surface area contributed by atoms with Crippen molar-refractivity contribution in [2.24, 2.45) is 0 Å². The van der Waals surface area contributed by atoms with Gasteiger partial charge in [0.25, 0.3) is 5.91 Å². The van der Waals surface area contributed by atoms with Crippen LogP contribution in [-0.2, 0) is 16.0 Å². The van der Waals surface area contributed by atoms with Crippen LogP contribution in [0.1, 0.15) is 27.0 Å². The van der Waals surface area contributed by atoms with Crippen LogP contribution in [0.5, 0.6) is 0 Å². The van der Waals surface area contributed by atoms with Crippen molar-refractivity contribution >= 4 is 23.2 Å². The van der Waals surface area contributed by atoms with Gasteiger partial charge in [-0.3, -0.25) is 4.79 Å². The molecule has 1 aliphatic heterocycles. The van der Waals surface area contributed by atoms with Gasteiger partial charge in [0, 0.05) is 11.4 Å². The Labute approximate surface area is 115 Å². The van der Waals surface area contributed by atoms with Crippen LogP contribution in [0.2, 0.25) is 0 Å². The highest BCUT2D eigenvalue weighted by molar-refractivity contribution is 7.14. The van der Waals surface area contributed by atoms with Crippen molar-refractivity contribution in [3.63, 3.8) is 0 Å². The highest BCUT2D eigenvalue weighted by Crippen LogP contribution is 2.24. The molecule has 5 nitrogen and oxygen atoms in total. The van der Waals surface area contributed by atoms with Gasteiger partial charge in [0.2, 0.25) is 0 Å². The van der Waals surface area contributed by atoms with Crippen LogP contribution < -0.4 is 0 Å². The molecule has 0 saturated carbocycles. The van der Waals surface area contributed by atoms with Gasteiger partial charge in [0.05, 0.1) is 18.1 Å². The third-order valence-electron chi connectivity index (χ3n) is 3.29. The Bertz CT molecular complexity index is 497. The number of hydrogen-bond donors (Lipinski definition) is 1. The summed E-state index contributed by atoms with van der Waals surface area (Å²) < 4.78 is 5.14. The van der Waals surface area contributed by atoms with E-state index in [2.05, 4.69) is 0 Å². The number of nitrogens with zero attached hydrogens (tertiary/aromatic N) is 1. The SMILES string of the molecule is CCc1cc(C(=O)N2CCOC[C@@H]2C(=O)O)sc1C. The maximum atomic E-state index is 12.4. The van der Waals surface area contributed by atoms with Gasteiger partial charge in [-0.2, -0.15) is 0 Å². The number of rotatable bonds is 3. The predicted octanol–water partition coefficient (Wildman–Crippen LogP) is 1.54. The van der Waals surface area contributed by atoms with Crippen molar-refractivity contribution < 1.29 is 19.4 Å². The fraction of sp³-hybridized carbons (Fsp3) is 0.538. The number of carbonyl (C=O) groups excluding carboxylic acids is 1. The van der Waals surface area contributed by atoms with E-state index in [1.165, 1.54) is 16.2 Å². The Morgan fingerprint density at radius 2 is 2.32 bits per heavy atom. The number of hydrogen-bond acceptors (Lipinski definition) is 4. The van der Waals surface area contributed by atoms with Gasteiger partial charge < -0.3 is 14.7 Å². The molecule has 0 radical (unpaired) electrons. The van der Waals surface area contributed by atoms with Crippen molar-refractivity contribution in [1.29, 1.82) is 0 Å². The molecular weight excluding hydrogens is 266 g/mol. The zero-order valence-corrected chi connectivity index (χ0v) is 11.8. The minimum absolute atomic E-state index is 0.0616. The van der Waals surface area contributed by atoms with Crippen molar-refractivity contribution in [2.45, 2.75) is 26.3 Å². The molecule has 1 N–H and O–H groups in total. The highest BCUT2D eigenvalue weighted by atomic mass is 32.1. The lowest BCUT2D eigenvalue weighted by atomic mass is 10.2. The van der Waals surface area contributed by atoms with E-state index in [1.807, 2.05) is 19.9 Å². The fourth-order valence-corrected chi connectivity index (χ4v) is 3.24. The summed E-state index contributed by atoms with van der Waals surface area (Å²) in [5.41, 5.74) is 1.15. The summed E-state index contributed by atoms with van der Waals surface area (Å²) in [7, 11) is 0. The standard InChI is InChI=1S/C13H17NO4S/c1-3-9-6-11(19-8(9)2)12(15)14-4-5-18-7-10(14)13(16)17/h6,10H,3-5,7H2,1-2H3,(H,16,17)/t10-/m1/s1. The van der Waals surface area contributed by atoms with E-state index < -0.39 is 12.0 Å². The molecule has 1 saturated heterocycles. The summed E-state index contributed by atoms with van der Waals surface area (Å²) in [5.74, 6) is -1.22. The molecule has 0 spiro atoms. The average molecular weight is 283 g/mol. The molecule has 1 aromatic heterocycles. The first kappa shape index (κ1) is 14.0. The summed E-state index contributed by atoms with van der Waals surface area (Å²) in [4.78, 5) is 26.7. The largest absolute Gasteiger partial charge is 0.480 e. The maximum Gasteiger partial charge on any atom is 0.328 e. The zero-order valence-electron chi connectivity index (χ0n) is 11.0. The molecule has 0 aliphatic carbocycles. The molecule has 6 heteroatoms. The number of aliphatic carboxylic acids is 1. The first-order valence-electron chi connectivity index (χ1n) is 6.25. The van der Waals surface area contributed by atoms with Crippen molar-refractivity contribution in [1.82, 2.24) is 4.90 Å². The predicted molar refractivity (Wildman–Crippen MR) is 71.7 cm³/mol. The van der Waals surface area contributed by atoms with Crippen LogP contribution in [0.25, 0.3) is 0 Å². The molecular formula is C13H17NO4S. The van der Waals surface area contributed by atoms with Gasteiger partial charge >= 0.3 is 5.97 Å². The quantitative estimate of drug-likeness (QED) is 0.914. The summed E-state index contributed by atoms with van der Waals surface area (Å²) in [6.45, 7) is 4.80. The third kappa shape index (κ3) is 2.79. The number of carboxylic acids is 1. The van der Waals surface area contributed by atoms with E-state index in [4.69, 9.17) is 9.84 Å². The monoisotopic (exact) mass is 283 g/mol. The Balaban J connectivity index is 2.23. The van der Waals surface area contributed by atoms with Crippen LogP contribution in [0.4, 0.5) is 0 Å². The highest BCUT2D eigenvalue weighted by Gasteiger charge is 2.33. The minimum atomic E-state index is -1.02. The van der Waals surface area contributed by atoms with Crippen LogP contribution >= 0.6 is 11.3 Å². The molecule has 1 amide bonds. The van der Waals surface area contributed by atoms with E-state index in [0.717, 1.165) is 16.9 Å². The van der Waals surface area contributed by atoms with Gasteiger partial charge in [-0.05, 0) is 25.0 Å². The topological polar surface area (TPSA) is 66.8 Å². The maximum absolute atomic E-state index is 12.4. The molecule has 1 aliphatic rings. The smallest absolute Gasteiger partial charge is 0.328 e. The lowest BCUT2D eigenvalue weighted by Gasteiger charge is -2.32. The Kier molecular flexibility index (Phi) is 4.21. The lowest BCUT2D eigenvalue weighted by Crippen LogP contribution is -2.52. The van der Waals surface area contributed by atoms with Gasteiger partial charge in [0.1, 0.15) is 0 Å². The molecule has 1 atom stereocenters. The van der Waals surface area contributed by atoms with Gasteiger partial charge in [-0.15, -0.1) is 11.3 Å². The Morgan fingerprint density at radius 1 is 1.58 bits per heavy atom. The molecule has 1 fully saturated rings. The summed E-state index contributed by atoms with van der Waals surface area (Å²) in [6.07, 6.45) is 0.876. The molecule has 0 aromatic carbocycles. The third-order valence-corrected chi connectivity index (χ3v) is 4.37. The van der Waals surface area contributed by atoms with E-state index >= 15 is 0 Å². The van der Waals surface area contributed by atoms with Crippen LogP contribution in [-0.4, -0.2) is 47.7 Å². The second-order valence-electron chi connectivity index (χ2n) is 4.47. The van der Waals surface area contributed by atoms with Crippen molar-refractivity contribution in [3.8, 4) is 0 Å². The molecule has 19 heavy (non-hydrogen) atoms. The first-order valence-corrected chi connectivity index (χ1v) is 7.07. The van der Waals surface area contributed by atoms with Gasteiger partial charge in [-0.25, -0.2) is 4.79 Å². The van der Waals surface area contributed by atoms with Crippen LogP contribution in [0.3, 0.4) is 0 Å². The Morgan fingerprint density at radius 3 is 2.89 bits per heavy atom. The van der Waals surface area contributed by atoms with E-state index in [-0.39, 0.29) is 12.5 Å². The summed E-state index contributed by atoms with van der Waals surface area (Å²) >= 11 is 1.43. The molecule has 2 heterocycles. The number of carboxylic acid groups (broad SMARTS) is 1. The van der Waals surface area contributed by atoms with Crippen LogP contribution in [0.15, 0.2) is 6.07 Å². The normalized spacial score (nSPS) is 19.5. The number of morpholine rings is 1. The van der Waals surface area contributed by atoms with E-state index in [0.29, 0.717) is 18.0 Å². The second kappa shape index (κ2) is 5.71. The lowest BCUT2D eigenvalue weighted by molar-refractivity contribution is -0.147. The minimum Gasteiger partial charge on any atom is -0.480 e. The summed E-state index contributed by atoms with van der Waals surface area (Å²) in [5, 5.41) is 9.14. The van der Waals surface area contributed by atoms with Crippen LogP contribution in [0, 0.1) is 6.92 Å². The van der Waals surface area contributed by atoms with Crippen molar-refractivity contribution in [3.05, 3.63) is 21.4 Å². The fourth-order valence-electron chi connectivity index (χ4n) is 2.17. The molecule has 104 valence electrons. The molecule has 1 aromatic rings. The molecule has 0 bridgehead atoms. The first-order chi connectivity index (χ1) is 9.04. The van der Waals surface area contributed by atoms with Gasteiger partial charge in [-0.1, -0.05) is 6.92 Å². The number of thiophene rings is 1. The van der Waals surface area contributed by atoms with Crippen molar-refractivity contribution in [2.75, 3.05) is 19.8 Å². The summed E-state index contributed by atoms with van der Waals surface area (Å²) in [6, 6.07) is 0.991. The Hall–Kier alpha value is -1.40. The molecule has 0 unspecified atom stereocenters. The van der Waals surface area contributed by atoms with E-state index in [1.54, 1.807) is 0 Å². The second-order valence-corrected chi connectivity index (χ2v) is 5.73. The average Bonchev–Trinajstić information content (AvgIpc) is 2.79. The number of carbonyl (C=O) groups is 2. The number of aryl methyl sites for hydroxylation is 2. The zero-order chi connectivity index (χ0) is 14.0. The van der Waals surface area contributed by atoms with Gasteiger partial charge in [0.15, 0.2) is 6.04 Å². The van der Waals surface area contributed by atoms with E-state index in [9.17, 15) is 9.59 Å².